The molecule has 0 aliphatic heterocycles. The van der Waals surface area contributed by atoms with Crippen molar-refractivity contribution in [2.45, 2.75) is 6.54 Å². The summed E-state index contributed by atoms with van der Waals surface area (Å²) in [6, 6.07) is 5.70. The highest BCUT2D eigenvalue weighted by Crippen LogP contribution is 2.22. The first-order chi connectivity index (χ1) is 8.65. The number of aryl methyl sites for hydroxylation is 1. The molecule has 3 rings (SSSR count). The van der Waals surface area contributed by atoms with Crippen LogP contribution in [-0.4, -0.2) is 24.3 Å². The van der Waals surface area contributed by atoms with Gasteiger partial charge in [-0.2, -0.15) is 5.10 Å². The maximum atomic E-state index is 6.12. The lowest BCUT2D eigenvalue weighted by Crippen LogP contribution is -2.02. The van der Waals surface area contributed by atoms with Gasteiger partial charge in [-0.05, 0) is 24.4 Å². The Kier molecular flexibility index (Phi) is 2.68. The molecule has 0 aliphatic rings. The first-order valence-corrected chi connectivity index (χ1v) is 6.15. The Bertz CT molecular complexity index is 769. The number of halogens is 1. The topological polar surface area (TPSA) is 51.4 Å². The van der Waals surface area contributed by atoms with Gasteiger partial charge in [-0.3, -0.25) is 4.68 Å². The van der Waals surface area contributed by atoms with Gasteiger partial charge in [0.2, 0.25) is 0 Å². The molecule has 1 N–H and O–H groups in total. The predicted molar refractivity (Wildman–Crippen MR) is 72.2 cm³/mol. The van der Waals surface area contributed by atoms with Gasteiger partial charge in [0.1, 0.15) is 6.33 Å². The molecular formula is C11H10ClN5S. The maximum Gasteiger partial charge on any atom is 0.178 e. The van der Waals surface area contributed by atoms with E-state index in [9.17, 15) is 0 Å². The Labute approximate surface area is 113 Å². The van der Waals surface area contributed by atoms with E-state index in [0.717, 1.165) is 16.9 Å². The molecule has 5 nitrogen and oxygen atoms in total. The van der Waals surface area contributed by atoms with Crippen LogP contribution in [0.5, 0.6) is 0 Å². The van der Waals surface area contributed by atoms with E-state index < -0.39 is 0 Å². The molecule has 3 aromatic rings. The minimum absolute atomic E-state index is 0.528. The van der Waals surface area contributed by atoms with Crippen molar-refractivity contribution in [2.75, 3.05) is 0 Å². The minimum atomic E-state index is 0.528. The summed E-state index contributed by atoms with van der Waals surface area (Å²) < 4.78 is 4.22. The number of hydrogen-bond donors (Lipinski definition) is 1. The third-order valence-corrected chi connectivity index (χ3v) is 3.34. The number of rotatable bonds is 2. The summed E-state index contributed by atoms with van der Waals surface area (Å²) >= 11 is 11.4. The molecule has 0 bridgehead atoms. The van der Waals surface area contributed by atoms with Crippen molar-refractivity contribution in [1.82, 2.24) is 24.3 Å². The molecular weight excluding hydrogens is 270 g/mol. The fourth-order valence-corrected chi connectivity index (χ4v) is 2.38. The number of imidazole rings is 1. The van der Waals surface area contributed by atoms with Crippen molar-refractivity contribution < 1.29 is 0 Å². The Hall–Kier alpha value is -1.66. The average Bonchev–Trinajstić information content (AvgIpc) is 2.87. The number of nitrogens with one attached hydrogen (secondary N) is 1. The van der Waals surface area contributed by atoms with Crippen LogP contribution in [-0.2, 0) is 13.6 Å². The Morgan fingerprint density at radius 2 is 2.28 bits per heavy atom. The SMILES string of the molecule is Cn1cnc(Cn2c(=S)[nH]c3c(Cl)cccc32)n1. The van der Waals surface area contributed by atoms with Crippen LogP contribution in [0, 0.1) is 4.77 Å². The molecule has 92 valence electrons. The fourth-order valence-electron chi connectivity index (χ4n) is 1.90. The van der Waals surface area contributed by atoms with E-state index in [-0.39, 0.29) is 0 Å². The van der Waals surface area contributed by atoms with Crippen molar-refractivity contribution in [3.05, 3.63) is 40.1 Å². The number of H-pyrrole nitrogens is 1. The lowest BCUT2D eigenvalue weighted by Gasteiger charge is -2.01. The van der Waals surface area contributed by atoms with Gasteiger partial charge in [0.05, 0.1) is 22.6 Å². The second-order valence-electron chi connectivity index (χ2n) is 3.98. The molecule has 7 heteroatoms. The molecule has 0 radical (unpaired) electrons. The van der Waals surface area contributed by atoms with Gasteiger partial charge in [0.15, 0.2) is 10.6 Å². The summed E-state index contributed by atoms with van der Waals surface area (Å²) in [6.45, 7) is 0.528. The Balaban J connectivity index is 2.14. The molecule has 18 heavy (non-hydrogen) atoms. The highest BCUT2D eigenvalue weighted by molar-refractivity contribution is 7.71. The minimum Gasteiger partial charge on any atom is -0.329 e. The Morgan fingerprint density at radius 3 is 3.00 bits per heavy atom. The van der Waals surface area contributed by atoms with E-state index in [1.54, 1.807) is 11.0 Å². The first-order valence-electron chi connectivity index (χ1n) is 5.36. The van der Waals surface area contributed by atoms with E-state index >= 15 is 0 Å². The van der Waals surface area contributed by atoms with E-state index in [1.165, 1.54) is 0 Å². The largest absolute Gasteiger partial charge is 0.329 e. The highest BCUT2D eigenvalue weighted by Gasteiger charge is 2.09. The molecule has 1 aromatic carbocycles. The van der Waals surface area contributed by atoms with Crippen LogP contribution in [0.15, 0.2) is 24.5 Å². The number of aromatic amines is 1. The molecule has 0 saturated heterocycles. The van der Waals surface area contributed by atoms with Crippen LogP contribution in [0.4, 0.5) is 0 Å². The van der Waals surface area contributed by atoms with Crippen LogP contribution < -0.4 is 0 Å². The third-order valence-electron chi connectivity index (χ3n) is 2.71. The van der Waals surface area contributed by atoms with E-state index in [1.807, 2.05) is 29.8 Å². The number of fused-ring (bicyclic) bond motifs is 1. The average molecular weight is 280 g/mol. The standard InChI is InChI=1S/C11H10ClN5S/c1-16-6-13-9(15-16)5-17-8-4-2-3-7(12)10(8)14-11(17)18/h2-4,6H,5H2,1H3,(H,14,18). The highest BCUT2D eigenvalue weighted by atomic mass is 35.5. The smallest absolute Gasteiger partial charge is 0.178 e. The lowest BCUT2D eigenvalue weighted by molar-refractivity contribution is 0.707. The molecule has 0 saturated carbocycles. The molecule has 0 unspecified atom stereocenters. The first kappa shape index (κ1) is 11.4. The summed E-state index contributed by atoms with van der Waals surface area (Å²) in [4.78, 5) is 7.30. The van der Waals surface area contributed by atoms with E-state index in [4.69, 9.17) is 23.8 Å². The summed E-state index contributed by atoms with van der Waals surface area (Å²) in [5.74, 6) is 0.717. The summed E-state index contributed by atoms with van der Waals surface area (Å²) in [6.07, 6.45) is 1.67. The number of benzene rings is 1. The zero-order chi connectivity index (χ0) is 12.7. The number of aromatic nitrogens is 5. The molecule has 0 fully saturated rings. The van der Waals surface area contributed by atoms with Gasteiger partial charge in [-0.25, -0.2) is 4.98 Å². The monoisotopic (exact) mass is 279 g/mol. The van der Waals surface area contributed by atoms with Crippen molar-refractivity contribution in [3.63, 3.8) is 0 Å². The van der Waals surface area contributed by atoms with Gasteiger partial charge < -0.3 is 9.55 Å². The lowest BCUT2D eigenvalue weighted by atomic mass is 10.3. The summed E-state index contributed by atoms with van der Waals surface area (Å²) in [5.41, 5.74) is 1.81. The number of nitrogens with zero attached hydrogens (tertiary/aromatic N) is 4. The zero-order valence-electron chi connectivity index (χ0n) is 9.59. The van der Waals surface area contributed by atoms with Gasteiger partial charge in [0, 0.05) is 7.05 Å². The molecule has 0 amide bonds. The van der Waals surface area contributed by atoms with Crippen molar-refractivity contribution >= 4 is 34.9 Å². The van der Waals surface area contributed by atoms with E-state index in [2.05, 4.69) is 15.1 Å². The van der Waals surface area contributed by atoms with Gasteiger partial charge >= 0.3 is 0 Å². The molecule has 0 atom stereocenters. The van der Waals surface area contributed by atoms with Crippen molar-refractivity contribution in [2.24, 2.45) is 7.05 Å². The van der Waals surface area contributed by atoms with Gasteiger partial charge in [-0.1, -0.05) is 17.7 Å². The van der Waals surface area contributed by atoms with Gasteiger partial charge in [-0.15, -0.1) is 0 Å². The molecule has 2 aromatic heterocycles. The Morgan fingerprint density at radius 1 is 1.44 bits per heavy atom. The van der Waals surface area contributed by atoms with Gasteiger partial charge in [0.25, 0.3) is 0 Å². The van der Waals surface area contributed by atoms with Crippen LogP contribution >= 0.6 is 23.8 Å². The van der Waals surface area contributed by atoms with Crippen LogP contribution in [0.25, 0.3) is 11.0 Å². The number of para-hydroxylation sites is 1. The number of hydrogen-bond acceptors (Lipinski definition) is 3. The normalized spacial score (nSPS) is 11.2. The molecule has 0 spiro atoms. The summed E-state index contributed by atoms with van der Waals surface area (Å²) in [5, 5.41) is 4.91. The maximum absolute atomic E-state index is 6.12. The van der Waals surface area contributed by atoms with Crippen LogP contribution in [0.3, 0.4) is 0 Å². The second-order valence-corrected chi connectivity index (χ2v) is 4.78. The summed E-state index contributed by atoms with van der Waals surface area (Å²) in [7, 11) is 1.84. The van der Waals surface area contributed by atoms with Crippen molar-refractivity contribution in [3.8, 4) is 0 Å². The fraction of sp³-hybridized carbons (Fsp3) is 0.182. The van der Waals surface area contributed by atoms with Crippen LogP contribution in [0.2, 0.25) is 5.02 Å². The molecule has 0 aliphatic carbocycles. The molecule has 2 heterocycles. The van der Waals surface area contributed by atoms with Crippen LogP contribution in [0.1, 0.15) is 5.82 Å². The van der Waals surface area contributed by atoms with Crippen molar-refractivity contribution in [1.29, 1.82) is 0 Å². The third kappa shape index (κ3) is 1.83. The predicted octanol–water partition coefficient (Wildman–Crippen LogP) is 2.53. The second kappa shape index (κ2) is 4.22. The van der Waals surface area contributed by atoms with E-state index in [0.29, 0.717) is 16.3 Å². The zero-order valence-corrected chi connectivity index (χ0v) is 11.2. The quantitative estimate of drug-likeness (QED) is 0.734.